The Hall–Kier alpha value is -1.16. The molecule has 1 aliphatic rings. The lowest BCUT2D eigenvalue weighted by Gasteiger charge is -2.28. The highest BCUT2D eigenvalue weighted by Gasteiger charge is 2.21. The molecule has 2 rings (SSSR count). The number of rotatable bonds is 4. The van der Waals surface area contributed by atoms with E-state index in [2.05, 4.69) is 11.6 Å². The molecule has 0 heterocycles. The van der Waals surface area contributed by atoms with Crippen LogP contribution in [0.5, 0.6) is 0 Å². The number of benzene rings is 1. The number of hydrogen-bond donors (Lipinski definition) is 2. The first kappa shape index (κ1) is 14.3. The number of carbonyl (C=O) groups excluding carboxylic acids is 1. The van der Waals surface area contributed by atoms with Crippen LogP contribution in [0.15, 0.2) is 24.3 Å². The van der Waals surface area contributed by atoms with Crippen molar-refractivity contribution in [3.05, 3.63) is 29.8 Å². The molecule has 1 aromatic carbocycles. The van der Waals surface area contributed by atoms with Gasteiger partial charge >= 0.3 is 0 Å². The summed E-state index contributed by atoms with van der Waals surface area (Å²) in [6, 6.07) is 7.90. The fraction of sp³-hybridized carbons (Fsp3) is 0.533. The summed E-state index contributed by atoms with van der Waals surface area (Å²) in [4.78, 5) is 12.0. The van der Waals surface area contributed by atoms with E-state index in [4.69, 9.17) is 5.73 Å². The van der Waals surface area contributed by atoms with Crippen LogP contribution >= 0.6 is 11.8 Å². The molecule has 0 radical (unpaired) electrons. The number of hydrogen-bond acceptors (Lipinski definition) is 3. The average Bonchev–Trinajstić information content (AvgIpc) is 2.39. The van der Waals surface area contributed by atoms with Crippen molar-refractivity contribution in [1.29, 1.82) is 0 Å². The quantitative estimate of drug-likeness (QED) is 0.832. The molecule has 0 aromatic heterocycles. The monoisotopic (exact) mass is 278 g/mol. The van der Waals surface area contributed by atoms with Crippen molar-refractivity contribution in [2.75, 3.05) is 12.0 Å². The normalized spacial score (nSPS) is 23.0. The van der Waals surface area contributed by atoms with E-state index in [1.54, 1.807) is 0 Å². The lowest BCUT2D eigenvalue weighted by molar-refractivity contribution is -0.121. The van der Waals surface area contributed by atoms with Crippen LogP contribution < -0.4 is 11.1 Å². The van der Waals surface area contributed by atoms with Gasteiger partial charge in [-0.1, -0.05) is 12.1 Å². The van der Waals surface area contributed by atoms with Crippen LogP contribution in [-0.2, 0) is 11.2 Å². The molecule has 1 saturated carbocycles. The molecule has 0 unspecified atom stereocenters. The Balaban J connectivity index is 1.79. The van der Waals surface area contributed by atoms with Crippen LogP contribution in [0, 0.1) is 0 Å². The maximum absolute atomic E-state index is 12.0. The molecule has 0 atom stereocenters. The third-order valence-electron chi connectivity index (χ3n) is 3.69. The highest BCUT2D eigenvalue weighted by atomic mass is 32.2. The van der Waals surface area contributed by atoms with Gasteiger partial charge in [-0.2, -0.15) is 11.8 Å². The summed E-state index contributed by atoms with van der Waals surface area (Å²) in [5.41, 5.74) is 7.41. The van der Waals surface area contributed by atoms with Gasteiger partial charge in [-0.15, -0.1) is 0 Å². The molecule has 1 aliphatic carbocycles. The van der Waals surface area contributed by atoms with Crippen molar-refractivity contribution in [2.24, 2.45) is 0 Å². The van der Waals surface area contributed by atoms with Crippen LogP contribution in [0.4, 0.5) is 5.69 Å². The highest BCUT2D eigenvalue weighted by Crippen LogP contribution is 2.26. The molecule has 19 heavy (non-hydrogen) atoms. The van der Waals surface area contributed by atoms with E-state index in [0.717, 1.165) is 23.7 Å². The maximum atomic E-state index is 12.0. The van der Waals surface area contributed by atoms with Crippen molar-refractivity contribution >= 4 is 23.4 Å². The predicted molar refractivity (Wildman–Crippen MR) is 82.3 cm³/mol. The lowest BCUT2D eigenvalue weighted by atomic mass is 9.95. The van der Waals surface area contributed by atoms with Gasteiger partial charge in [0.25, 0.3) is 0 Å². The van der Waals surface area contributed by atoms with Gasteiger partial charge in [0.1, 0.15) is 0 Å². The van der Waals surface area contributed by atoms with Gasteiger partial charge in [0.15, 0.2) is 0 Å². The van der Waals surface area contributed by atoms with Crippen molar-refractivity contribution in [2.45, 2.75) is 43.4 Å². The number of nitrogens with two attached hydrogens (primary N) is 1. The smallest absolute Gasteiger partial charge is 0.224 e. The van der Waals surface area contributed by atoms with E-state index in [1.165, 1.54) is 12.8 Å². The standard InChI is InChI=1S/C15H22N2OS/c1-19-14-7-5-13(6-8-14)17-15(18)10-11-3-2-4-12(16)9-11/h2-4,9,13-14H,5-8,10,16H2,1H3,(H,17,18). The van der Waals surface area contributed by atoms with Gasteiger partial charge in [0.05, 0.1) is 6.42 Å². The number of amides is 1. The molecular formula is C15H22N2OS. The molecule has 0 aliphatic heterocycles. The minimum atomic E-state index is 0.109. The molecule has 0 saturated heterocycles. The van der Waals surface area contributed by atoms with Crippen LogP contribution in [0.25, 0.3) is 0 Å². The predicted octanol–water partition coefficient (Wildman–Crippen LogP) is 2.60. The van der Waals surface area contributed by atoms with E-state index in [-0.39, 0.29) is 5.91 Å². The van der Waals surface area contributed by atoms with Crippen molar-refractivity contribution < 1.29 is 4.79 Å². The molecule has 0 bridgehead atoms. The van der Waals surface area contributed by atoms with E-state index in [9.17, 15) is 4.79 Å². The minimum absolute atomic E-state index is 0.109. The van der Waals surface area contributed by atoms with Gasteiger partial charge in [-0.05, 0) is 49.6 Å². The Labute approximate surface area is 119 Å². The summed E-state index contributed by atoms with van der Waals surface area (Å²) in [5.74, 6) is 0.109. The largest absolute Gasteiger partial charge is 0.399 e. The lowest BCUT2D eigenvalue weighted by Crippen LogP contribution is -2.38. The topological polar surface area (TPSA) is 55.1 Å². The average molecular weight is 278 g/mol. The van der Waals surface area contributed by atoms with E-state index >= 15 is 0 Å². The van der Waals surface area contributed by atoms with Gasteiger partial charge in [0.2, 0.25) is 5.91 Å². The Kier molecular flexibility index (Phi) is 5.14. The molecule has 4 heteroatoms. The molecule has 0 spiro atoms. The van der Waals surface area contributed by atoms with E-state index in [0.29, 0.717) is 18.2 Å². The number of nitrogens with one attached hydrogen (secondary N) is 1. The Morgan fingerprint density at radius 3 is 2.74 bits per heavy atom. The van der Waals surface area contributed by atoms with Crippen molar-refractivity contribution in [3.63, 3.8) is 0 Å². The van der Waals surface area contributed by atoms with Crippen LogP contribution in [0.2, 0.25) is 0 Å². The first-order valence-corrected chi connectivity index (χ1v) is 8.12. The second kappa shape index (κ2) is 6.85. The van der Waals surface area contributed by atoms with E-state index in [1.807, 2.05) is 36.0 Å². The van der Waals surface area contributed by atoms with Gasteiger partial charge < -0.3 is 11.1 Å². The zero-order chi connectivity index (χ0) is 13.7. The van der Waals surface area contributed by atoms with Crippen molar-refractivity contribution in [1.82, 2.24) is 5.32 Å². The number of carbonyl (C=O) groups is 1. The first-order valence-electron chi connectivity index (χ1n) is 6.84. The molecule has 1 fully saturated rings. The van der Waals surface area contributed by atoms with E-state index < -0.39 is 0 Å². The summed E-state index contributed by atoms with van der Waals surface area (Å²) in [5, 5.41) is 3.92. The van der Waals surface area contributed by atoms with Crippen LogP contribution in [0.1, 0.15) is 31.2 Å². The Morgan fingerprint density at radius 1 is 1.37 bits per heavy atom. The minimum Gasteiger partial charge on any atom is -0.399 e. The molecule has 3 nitrogen and oxygen atoms in total. The molecular weight excluding hydrogens is 256 g/mol. The fourth-order valence-electron chi connectivity index (χ4n) is 2.61. The van der Waals surface area contributed by atoms with Crippen LogP contribution in [0.3, 0.4) is 0 Å². The summed E-state index contributed by atoms with van der Waals surface area (Å²) in [7, 11) is 0. The SMILES string of the molecule is CSC1CCC(NC(=O)Cc2cccc(N)c2)CC1. The van der Waals surface area contributed by atoms with Gasteiger partial charge in [-0.25, -0.2) is 0 Å². The van der Waals surface area contributed by atoms with Gasteiger partial charge in [0, 0.05) is 17.0 Å². The zero-order valence-corrected chi connectivity index (χ0v) is 12.2. The third kappa shape index (κ3) is 4.46. The molecule has 104 valence electrons. The number of nitrogen functional groups attached to an aromatic ring is 1. The number of thioether (sulfide) groups is 1. The summed E-state index contributed by atoms with van der Waals surface area (Å²) >= 11 is 1.94. The van der Waals surface area contributed by atoms with Crippen molar-refractivity contribution in [3.8, 4) is 0 Å². The molecule has 3 N–H and O–H groups in total. The van der Waals surface area contributed by atoms with Gasteiger partial charge in [-0.3, -0.25) is 4.79 Å². The first-order chi connectivity index (χ1) is 9.17. The summed E-state index contributed by atoms with van der Waals surface area (Å²) in [6.45, 7) is 0. The molecule has 1 amide bonds. The Morgan fingerprint density at radius 2 is 2.11 bits per heavy atom. The van der Waals surface area contributed by atoms with Crippen LogP contribution in [-0.4, -0.2) is 23.5 Å². The second-order valence-corrected chi connectivity index (χ2v) is 6.34. The zero-order valence-electron chi connectivity index (χ0n) is 11.4. The highest BCUT2D eigenvalue weighted by molar-refractivity contribution is 7.99. The number of anilines is 1. The Bertz CT molecular complexity index is 428. The second-order valence-electron chi connectivity index (χ2n) is 5.20. The maximum Gasteiger partial charge on any atom is 0.224 e. The summed E-state index contributed by atoms with van der Waals surface area (Å²) in [6.07, 6.45) is 7.23. The fourth-order valence-corrected chi connectivity index (χ4v) is 3.35. The molecule has 1 aromatic rings. The summed E-state index contributed by atoms with van der Waals surface area (Å²) < 4.78 is 0. The third-order valence-corrected chi connectivity index (χ3v) is 4.83.